The lowest BCUT2D eigenvalue weighted by atomic mass is 9.79. The fraction of sp³-hybridized carbons (Fsp3) is 0.778. The van der Waals surface area contributed by atoms with E-state index in [0.717, 1.165) is 5.76 Å². The molecule has 0 amide bonds. The molecule has 0 atom stereocenters. The highest BCUT2D eigenvalue weighted by molar-refractivity contribution is 5.13. The van der Waals surface area contributed by atoms with Crippen LogP contribution in [0, 0.1) is 5.41 Å². The molecule has 0 bridgehead atoms. The number of hydrogen-bond donors (Lipinski definition) is 0. The lowest BCUT2D eigenvalue weighted by molar-refractivity contribution is -0.00589. The average molecular weight is 140 g/mol. The summed E-state index contributed by atoms with van der Waals surface area (Å²) in [6, 6.07) is 0. The van der Waals surface area contributed by atoms with Crippen molar-refractivity contribution in [3.8, 4) is 0 Å². The van der Waals surface area contributed by atoms with Gasteiger partial charge < -0.3 is 4.74 Å². The van der Waals surface area contributed by atoms with Crippen LogP contribution in [-0.2, 0) is 4.74 Å². The van der Waals surface area contributed by atoms with E-state index in [4.69, 9.17) is 4.74 Å². The minimum atomic E-state index is -0.0307. The second-order valence-electron chi connectivity index (χ2n) is 4.09. The van der Waals surface area contributed by atoms with Crippen LogP contribution in [0.3, 0.4) is 0 Å². The zero-order valence-corrected chi connectivity index (χ0v) is 7.49. The predicted octanol–water partition coefficient (Wildman–Crippen LogP) is 2.73. The summed E-state index contributed by atoms with van der Waals surface area (Å²) < 4.78 is 5.62. The summed E-state index contributed by atoms with van der Waals surface area (Å²) in [6.07, 6.45) is 2.19. The van der Waals surface area contributed by atoms with Gasteiger partial charge in [0, 0.05) is 5.41 Å². The number of ether oxygens (including phenoxy) is 1. The van der Waals surface area contributed by atoms with Gasteiger partial charge in [0.05, 0.1) is 5.76 Å². The molecular formula is C9H16O. The highest BCUT2D eigenvalue weighted by Crippen LogP contribution is 2.42. The van der Waals surface area contributed by atoms with Gasteiger partial charge in [-0.2, -0.15) is 0 Å². The third-order valence-corrected chi connectivity index (χ3v) is 2.53. The molecule has 1 aliphatic heterocycles. The monoisotopic (exact) mass is 140 g/mol. The lowest BCUT2D eigenvalue weighted by Crippen LogP contribution is -2.35. The first kappa shape index (κ1) is 7.64. The Morgan fingerprint density at radius 1 is 1.20 bits per heavy atom. The maximum atomic E-state index is 5.62. The first-order valence-electron chi connectivity index (χ1n) is 3.74. The molecule has 0 saturated heterocycles. The summed E-state index contributed by atoms with van der Waals surface area (Å²) >= 11 is 0. The second-order valence-corrected chi connectivity index (χ2v) is 4.09. The van der Waals surface area contributed by atoms with Crippen LogP contribution in [0.2, 0.25) is 0 Å². The molecule has 1 aliphatic rings. The molecule has 58 valence electrons. The van der Waals surface area contributed by atoms with Gasteiger partial charge >= 0.3 is 0 Å². The summed E-state index contributed by atoms with van der Waals surface area (Å²) in [5.41, 5.74) is 0.147. The summed E-state index contributed by atoms with van der Waals surface area (Å²) in [4.78, 5) is 0. The first-order chi connectivity index (χ1) is 4.35. The molecule has 0 aromatic carbocycles. The van der Waals surface area contributed by atoms with Crippen molar-refractivity contribution in [2.45, 2.75) is 40.2 Å². The topological polar surface area (TPSA) is 9.23 Å². The van der Waals surface area contributed by atoms with E-state index >= 15 is 0 Å². The quantitative estimate of drug-likeness (QED) is 0.502. The summed E-state index contributed by atoms with van der Waals surface area (Å²) in [5, 5.41) is 0. The van der Waals surface area contributed by atoms with Crippen molar-refractivity contribution in [1.29, 1.82) is 0 Å². The van der Waals surface area contributed by atoms with Crippen LogP contribution in [0.1, 0.15) is 34.6 Å². The van der Waals surface area contributed by atoms with Crippen LogP contribution >= 0.6 is 0 Å². The van der Waals surface area contributed by atoms with E-state index in [1.165, 1.54) is 0 Å². The Bertz CT molecular complexity index is 175. The van der Waals surface area contributed by atoms with Crippen molar-refractivity contribution in [2.75, 3.05) is 0 Å². The molecule has 1 nitrogen and oxygen atoms in total. The highest BCUT2D eigenvalue weighted by Gasteiger charge is 2.41. The smallest absolute Gasteiger partial charge is 0.112 e. The zero-order chi connectivity index (χ0) is 7.99. The van der Waals surface area contributed by atoms with Gasteiger partial charge in [-0.25, -0.2) is 0 Å². The van der Waals surface area contributed by atoms with E-state index in [1.54, 1.807) is 0 Å². The number of rotatable bonds is 0. The van der Waals surface area contributed by atoms with E-state index < -0.39 is 0 Å². The lowest BCUT2D eigenvalue weighted by Gasteiger charge is -2.32. The van der Waals surface area contributed by atoms with Gasteiger partial charge in [-0.15, -0.1) is 0 Å². The maximum absolute atomic E-state index is 5.62. The average Bonchev–Trinajstić information content (AvgIpc) is 1.73. The van der Waals surface area contributed by atoms with E-state index in [9.17, 15) is 0 Å². The predicted molar refractivity (Wildman–Crippen MR) is 42.7 cm³/mol. The Balaban J connectivity index is 2.92. The van der Waals surface area contributed by atoms with Crippen LogP contribution in [0.15, 0.2) is 11.8 Å². The van der Waals surface area contributed by atoms with Crippen molar-refractivity contribution in [3.63, 3.8) is 0 Å². The Morgan fingerprint density at radius 3 is 1.80 bits per heavy atom. The summed E-state index contributed by atoms with van der Waals surface area (Å²) in [6.45, 7) is 10.7. The molecule has 1 rings (SSSR count). The molecule has 0 radical (unpaired) electrons. The number of hydrogen-bond acceptors (Lipinski definition) is 1. The Morgan fingerprint density at radius 2 is 1.70 bits per heavy atom. The SMILES string of the molecule is CC1=CC(C)(C)C(C)(C)O1. The van der Waals surface area contributed by atoms with Crippen LogP contribution < -0.4 is 0 Å². The third kappa shape index (κ3) is 0.938. The summed E-state index contributed by atoms with van der Waals surface area (Å²) in [7, 11) is 0. The standard InChI is InChI=1S/C9H16O/c1-7-6-8(2,3)9(4,5)10-7/h6H,1-5H3. The van der Waals surface area contributed by atoms with Gasteiger partial charge in [-0.05, 0) is 26.8 Å². The fourth-order valence-corrected chi connectivity index (χ4v) is 1.25. The maximum Gasteiger partial charge on any atom is 0.112 e. The van der Waals surface area contributed by atoms with Crippen LogP contribution in [0.25, 0.3) is 0 Å². The van der Waals surface area contributed by atoms with Crippen LogP contribution in [0.5, 0.6) is 0 Å². The zero-order valence-electron chi connectivity index (χ0n) is 7.49. The van der Waals surface area contributed by atoms with Crippen molar-refractivity contribution in [2.24, 2.45) is 5.41 Å². The molecule has 1 heterocycles. The molecule has 0 N–H and O–H groups in total. The van der Waals surface area contributed by atoms with Gasteiger partial charge in [0.25, 0.3) is 0 Å². The van der Waals surface area contributed by atoms with E-state index in [0.29, 0.717) is 0 Å². The normalized spacial score (nSPS) is 27.5. The molecule has 0 saturated carbocycles. The van der Waals surface area contributed by atoms with E-state index in [-0.39, 0.29) is 11.0 Å². The van der Waals surface area contributed by atoms with Gasteiger partial charge in [-0.1, -0.05) is 13.8 Å². The minimum absolute atomic E-state index is 0.0307. The van der Waals surface area contributed by atoms with Crippen LogP contribution in [0.4, 0.5) is 0 Å². The van der Waals surface area contributed by atoms with Gasteiger partial charge in [0.15, 0.2) is 0 Å². The third-order valence-electron chi connectivity index (χ3n) is 2.53. The van der Waals surface area contributed by atoms with E-state index in [1.807, 2.05) is 6.92 Å². The first-order valence-corrected chi connectivity index (χ1v) is 3.74. The van der Waals surface area contributed by atoms with Crippen LogP contribution in [-0.4, -0.2) is 5.60 Å². The second kappa shape index (κ2) is 1.77. The van der Waals surface area contributed by atoms with Gasteiger partial charge in [-0.3, -0.25) is 0 Å². The van der Waals surface area contributed by atoms with Gasteiger partial charge in [0.1, 0.15) is 5.60 Å². The fourth-order valence-electron chi connectivity index (χ4n) is 1.25. The Kier molecular flexibility index (Phi) is 1.36. The molecule has 0 aromatic rings. The number of allylic oxidation sites excluding steroid dienone is 1. The largest absolute Gasteiger partial charge is 0.492 e. The molecule has 0 aromatic heterocycles. The highest BCUT2D eigenvalue weighted by atomic mass is 16.5. The molecule has 0 spiro atoms. The molecule has 0 unspecified atom stereocenters. The Hall–Kier alpha value is -0.460. The molecule has 10 heavy (non-hydrogen) atoms. The van der Waals surface area contributed by atoms with Crippen molar-refractivity contribution < 1.29 is 4.74 Å². The summed E-state index contributed by atoms with van der Waals surface area (Å²) in [5.74, 6) is 1.05. The minimum Gasteiger partial charge on any atom is -0.492 e. The molecule has 1 heteroatoms. The molecule has 0 fully saturated rings. The Labute approximate surface area is 63.1 Å². The molecule has 0 aliphatic carbocycles. The van der Waals surface area contributed by atoms with E-state index in [2.05, 4.69) is 33.8 Å². The van der Waals surface area contributed by atoms with Crippen molar-refractivity contribution >= 4 is 0 Å². The van der Waals surface area contributed by atoms with Gasteiger partial charge in [0.2, 0.25) is 0 Å². The van der Waals surface area contributed by atoms with Crippen molar-refractivity contribution in [3.05, 3.63) is 11.8 Å². The van der Waals surface area contributed by atoms with Crippen molar-refractivity contribution in [1.82, 2.24) is 0 Å². The molecular weight excluding hydrogens is 124 g/mol.